The highest BCUT2D eigenvalue weighted by Gasteiger charge is 2.25. The normalized spacial score (nSPS) is 17.2. The molecule has 1 aromatic rings. The van der Waals surface area contributed by atoms with Crippen LogP contribution in [0.3, 0.4) is 0 Å². The molecular formula is C14H20N4O2S2. The van der Waals surface area contributed by atoms with E-state index in [0.717, 1.165) is 24.8 Å². The van der Waals surface area contributed by atoms with E-state index >= 15 is 0 Å². The van der Waals surface area contributed by atoms with E-state index in [1.165, 1.54) is 0 Å². The molecular weight excluding hydrogens is 320 g/mol. The van der Waals surface area contributed by atoms with Gasteiger partial charge in [-0.2, -0.15) is 9.41 Å². The molecule has 0 aromatic heterocycles. The van der Waals surface area contributed by atoms with Crippen LogP contribution >= 0.6 is 12.2 Å². The molecule has 2 rings (SSSR count). The average molecular weight is 340 g/mol. The molecule has 0 bridgehead atoms. The summed E-state index contributed by atoms with van der Waals surface area (Å²) in [5, 5.41) is 4.10. The minimum atomic E-state index is -3.39. The molecule has 0 radical (unpaired) electrons. The van der Waals surface area contributed by atoms with Gasteiger partial charge >= 0.3 is 0 Å². The molecule has 0 unspecified atom stereocenters. The molecule has 22 heavy (non-hydrogen) atoms. The first-order valence-electron chi connectivity index (χ1n) is 7.11. The molecule has 3 N–H and O–H groups in total. The SMILES string of the molecule is C/C(=N/NC(N)=S)c1ccc(S(=O)(=O)N2CCCCC2)cc1. The fourth-order valence-electron chi connectivity index (χ4n) is 2.33. The Morgan fingerprint density at radius 3 is 2.36 bits per heavy atom. The van der Waals surface area contributed by atoms with E-state index < -0.39 is 10.0 Å². The molecule has 0 amide bonds. The Hall–Kier alpha value is -1.51. The summed E-state index contributed by atoms with van der Waals surface area (Å²) in [4.78, 5) is 0.313. The molecule has 8 heteroatoms. The molecule has 1 heterocycles. The van der Waals surface area contributed by atoms with Gasteiger partial charge in [0.2, 0.25) is 10.0 Å². The molecule has 120 valence electrons. The summed E-state index contributed by atoms with van der Waals surface area (Å²) in [5.74, 6) is 0. The van der Waals surface area contributed by atoms with Crippen LogP contribution in [0.4, 0.5) is 0 Å². The molecule has 0 saturated carbocycles. The third-order valence-corrected chi connectivity index (χ3v) is 5.56. The summed E-state index contributed by atoms with van der Waals surface area (Å²) in [5.41, 5.74) is 9.30. The van der Waals surface area contributed by atoms with Gasteiger partial charge in [0.1, 0.15) is 0 Å². The lowest BCUT2D eigenvalue weighted by atomic mass is 10.1. The Labute approximate surface area is 136 Å². The molecule has 0 atom stereocenters. The van der Waals surface area contributed by atoms with Crippen LogP contribution in [0.15, 0.2) is 34.3 Å². The Morgan fingerprint density at radius 2 is 1.82 bits per heavy atom. The van der Waals surface area contributed by atoms with E-state index in [0.29, 0.717) is 23.7 Å². The Kier molecular flexibility index (Phi) is 5.49. The number of nitrogens with two attached hydrogens (primary N) is 1. The first-order chi connectivity index (χ1) is 10.4. The number of nitrogens with zero attached hydrogens (tertiary/aromatic N) is 2. The van der Waals surface area contributed by atoms with Gasteiger partial charge in [0.15, 0.2) is 5.11 Å². The predicted octanol–water partition coefficient (Wildman–Crippen LogP) is 1.42. The van der Waals surface area contributed by atoms with Crippen LogP contribution in [0, 0.1) is 0 Å². The highest BCUT2D eigenvalue weighted by Crippen LogP contribution is 2.20. The van der Waals surface area contributed by atoms with E-state index in [2.05, 4.69) is 22.7 Å². The van der Waals surface area contributed by atoms with Gasteiger partial charge in [0, 0.05) is 13.1 Å². The fourth-order valence-corrected chi connectivity index (χ4v) is 3.89. The molecule has 0 aliphatic carbocycles. The average Bonchev–Trinajstić information content (AvgIpc) is 2.53. The fraction of sp³-hybridized carbons (Fsp3) is 0.429. The van der Waals surface area contributed by atoms with Gasteiger partial charge in [-0.1, -0.05) is 18.6 Å². The Morgan fingerprint density at radius 1 is 1.23 bits per heavy atom. The van der Waals surface area contributed by atoms with Gasteiger partial charge in [-0.15, -0.1) is 0 Å². The van der Waals surface area contributed by atoms with Crippen molar-refractivity contribution in [1.29, 1.82) is 0 Å². The summed E-state index contributed by atoms with van der Waals surface area (Å²) in [6, 6.07) is 6.69. The monoisotopic (exact) mass is 340 g/mol. The van der Waals surface area contributed by atoms with Crippen molar-refractivity contribution in [2.45, 2.75) is 31.1 Å². The van der Waals surface area contributed by atoms with Crippen molar-refractivity contribution in [2.75, 3.05) is 13.1 Å². The van der Waals surface area contributed by atoms with Crippen LogP contribution in [0.25, 0.3) is 0 Å². The Bertz CT molecular complexity index is 663. The van der Waals surface area contributed by atoms with Gasteiger partial charge in [-0.3, -0.25) is 5.43 Å². The molecule has 1 aliphatic rings. The first kappa shape index (κ1) is 16.9. The maximum atomic E-state index is 12.5. The number of nitrogens with one attached hydrogen (secondary N) is 1. The number of benzene rings is 1. The van der Waals surface area contributed by atoms with Crippen molar-refractivity contribution in [3.8, 4) is 0 Å². The number of thiocarbonyl (C=S) groups is 1. The minimum absolute atomic E-state index is 0.0867. The standard InChI is InChI=1S/C14H20N4O2S2/c1-11(16-17-14(15)21)12-5-7-13(8-6-12)22(19,20)18-9-3-2-4-10-18/h5-8H,2-4,9-10H2,1H3,(H3,15,17,21)/b16-11-. The van der Waals surface area contributed by atoms with Gasteiger partial charge in [-0.05, 0) is 49.7 Å². The molecule has 1 aromatic carbocycles. The van der Waals surface area contributed by atoms with Gasteiger partial charge in [0.05, 0.1) is 10.6 Å². The number of hydrazone groups is 1. The minimum Gasteiger partial charge on any atom is -0.375 e. The van der Waals surface area contributed by atoms with Gasteiger partial charge in [-0.25, -0.2) is 8.42 Å². The summed E-state index contributed by atoms with van der Waals surface area (Å²) in [6.45, 7) is 2.99. The summed E-state index contributed by atoms with van der Waals surface area (Å²) < 4.78 is 26.6. The van der Waals surface area contributed by atoms with E-state index in [-0.39, 0.29) is 5.11 Å². The summed E-state index contributed by atoms with van der Waals surface area (Å²) in [6.07, 6.45) is 2.94. The van der Waals surface area contributed by atoms with Gasteiger partial charge in [0.25, 0.3) is 0 Å². The lowest BCUT2D eigenvalue weighted by Crippen LogP contribution is -2.35. The molecule has 0 spiro atoms. The zero-order valence-electron chi connectivity index (χ0n) is 12.4. The number of rotatable bonds is 4. The number of hydrogen-bond acceptors (Lipinski definition) is 4. The maximum absolute atomic E-state index is 12.5. The molecule has 1 aliphatic heterocycles. The number of piperidine rings is 1. The quantitative estimate of drug-likeness (QED) is 0.492. The lowest BCUT2D eigenvalue weighted by molar-refractivity contribution is 0.346. The zero-order valence-corrected chi connectivity index (χ0v) is 14.1. The third kappa shape index (κ3) is 4.02. The van der Waals surface area contributed by atoms with Crippen molar-refractivity contribution >= 4 is 33.1 Å². The molecule has 1 saturated heterocycles. The van der Waals surface area contributed by atoms with Crippen molar-refractivity contribution in [1.82, 2.24) is 9.73 Å². The second-order valence-electron chi connectivity index (χ2n) is 5.16. The van der Waals surface area contributed by atoms with Crippen LogP contribution in [-0.2, 0) is 10.0 Å². The highest BCUT2D eigenvalue weighted by molar-refractivity contribution is 7.89. The van der Waals surface area contributed by atoms with Crippen LogP contribution in [-0.4, -0.2) is 36.6 Å². The van der Waals surface area contributed by atoms with Crippen LogP contribution in [0.2, 0.25) is 0 Å². The predicted molar refractivity (Wildman–Crippen MR) is 91.2 cm³/mol. The van der Waals surface area contributed by atoms with E-state index in [4.69, 9.17) is 5.73 Å². The highest BCUT2D eigenvalue weighted by atomic mass is 32.2. The zero-order chi connectivity index (χ0) is 16.2. The number of sulfonamides is 1. The maximum Gasteiger partial charge on any atom is 0.243 e. The van der Waals surface area contributed by atoms with E-state index in [1.54, 1.807) is 35.5 Å². The van der Waals surface area contributed by atoms with E-state index in [9.17, 15) is 8.42 Å². The topological polar surface area (TPSA) is 87.8 Å². The summed E-state index contributed by atoms with van der Waals surface area (Å²) in [7, 11) is -3.39. The molecule has 1 fully saturated rings. The van der Waals surface area contributed by atoms with Crippen LogP contribution in [0.1, 0.15) is 31.7 Å². The van der Waals surface area contributed by atoms with Crippen molar-refractivity contribution < 1.29 is 8.42 Å². The number of hydrogen-bond donors (Lipinski definition) is 2. The third-order valence-electron chi connectivity index (χ3n) is 3.56. The second kappa shape index (κ2) is 7.17. The summed E-state index contributed by atoms with van der Waals surface area (Å²) >= 11 is 4.68. The van der Waals surface area contributed by atoms with E-state index in [1.807, 2.05) is 0 Å². The molecule has 6 nitrogen and oxygen atoms in total. The van der Waals surface area contributed by atoms with Crippen molar-refractivity contribution in [3.05, 3.63) is 29.8 Å². The first-order valence-corrected chi connectivity index (χ1v) is 8.96. The van der Waals surface area contributed by atoms with Gasteiger partial charge < -0.3 is 5.73 Å². The largest absolute Gasteiger partial charge is 0.375 e. The van der Waals surface area contributed by atoms with Crippen LogP contribution in [0.5, 0.6) is 0 Å². The second-order valence-corrected chi connectivity index (χ2v) is 7.54. The lowest BCUT2D eigenvalue weighted by Gasteiger charge is -2.25. The smallest absolute Gasteiger partial charge is 0.243 e. The van der Waals surface area contributed by atoms with Crippen molar-refractivity contribution in [3.63, 3.8) is 0 Å². The van der Waals surface area contributed by atoms with Crippen molar-refractivity contribution in [2.24, 2.45) is 10.8 Å². The van der Waals surface area contributed by atoms with Crippen LogP contribution < -0.4 is 11.2 Å². The Balaban J connectivity index is 2.17.